The molecular formula is C26H35NO6. The first-order valence-electron chi connectivity index (χ1n) is 11.3. The Morgan fingerprint density at radius 2 is 1.67 bits per heavy atom. The molecule has 1 atom stereocenters. The number of carbonyl (C=O) groups excluding carboxylic acids is 2. The number of esters is 1. The Kier molecular flexibility index (Phi) is 10.2. The van der Waals surface area contributed by atoms with E-state index < -0.39 is 17.8 Å². The molecule has 1 N–H and O–H groups in total. The highest BCUT2D eigenvalue weighted by atomic mass is 16.6. The van der Waals surface area contributed by atoms with Gasteiger partial charge >= 0.3 is 12.1 Å². The zero-order valence-corrected chi connectivity index (χ0v) is 20.2. The van der Waals surface area contributed by atoms with Crippen LogP contribution in [0.4, 0.5) is 10.5 Å². The van der Waals surface area contributed by atoms with Crippen molar-refractivity contribution >= 4 is 17.7 Å². The van der Waals surface area contributed by atoms with Crippen LogP contribution < -0.4 is 10.1 Å². The summed E-state index contributed by atoms with van der Waals surface area (Å²) < 4.78 is 21.8. The number of hydrogen-bond acceptors (Lipinski definition) is 6. The molecule has 33 heavy (non-hydrogen) atoms. The number of ether oxygens (including phenoxy) is 4. The smallest absolute Gasteiger partial charge is 0.412 e. The highest BCUT2D eigenvalue weighted by Crippen LogP contribution is 2.19. The highest BCUT2D eigenvalue weighted by molar-refractivity contribution is 5.85. The minimum absolute atomic E-state index is 0.325. The first kappa shape index (κ1) is 26.2. The van der Waals surface area contributed by atoms with Crippen molar-refractivity contribution in [2.24, 2.45) is 0 Å². The molecule has 1 amide bonds. The maximum atomic E-state index is 12.1. The van der Waals surface area contributed by atoms with Gasteiger partial charge in [-0.3, -0.25) is 5.32 Å². The van der Waals surface area contributed by atoms with E-state index in [0.29, 0.717) is 38.3 Å². The molecule has 0 aliphatic heterocycles. The largest absolute Gasteiger partial charge is 0.493 e. The van der Waals surface area contributed by atoms with Gasteiger partial charge in [0.2, 0.25) is 0 Å². The van der Waals surface area contributed by atoms with Crippen molar-refractivity contribution in [2.45, 2.75) is 59.2 Å². The van der Waals surface area contributed by atoms with Crippen LogP contribution in [0, 0.1) is 0 Å². The van der Waals surface area contributed by atoms with E-state index in [1.165, 1.54) is 0 Å². The summed E-state index contributed by atoms with van der Waals surface area (Å²) in [5, 5.41) is 2.80. The Hall–Kier alpha value is -3.06. The van der Waals surface area contributed by atoms with Gasteiger partial charge < -0.3 is 18.9 Å². The predicted molar refractivity (Wildman–Crippen MR) is 128 cm³/mol. The van der Waals surface area contributed by atoms with Gasteiger partial charge in [0.1, 0.15) is 11.4 Å². The van der Waals surface area contributed by atoms with Crippen molar-refractivity contribution in [3.05, 3.63) is 59.7 Å². The van der Waals surface area contributed by atoms with Crippen molar-refractivity contribution in [3.63, 3.8) is 0 Å². The first-order chi connectivity index (χ1) is 15.7. The van der Waals surface area contributed by atoms with Crippen LogP contribution in [-0.2, 0) is 31.8 Å². The predicted octanol–water partition coefficient (Wildman–Crippen LogP) is 5.17. The minimum atomic E-state index is -0.615. The summed E-state index contributed by atoms with van der Waals surface area (Å²) in [5.41, 5.74) is 2.05. The van der Waals surface area contributed by atoms with E-state index in [-0.39, 0.29) is 5.97 Å². The quantitative estimate of drug-likeness (QED) is 0.469. The number of amides is 1. The topological polar surface area (TPSA) is 83.1 Å². The lowest BCUT2D eigenvalue weighted by Gasteiger charge is -2.20. The van der Waals surface area contributed by atoms with E-state index in [1.54, 1.807) is 6.92 Å². The van der Waals surface area contributed by atoms with Crippen molar-refractivity contribution in [1.29, 1.82) is 0 Å². The number of nitrogens with one attached hydrogen (secondary N) is 1. The number of carbonyl (C=O) groups is 2. The van der Waals surface area contributed by atoms with Gasteiger partial charge in [0.25, 0.3) is 0 Å². The highest BCUT2D eigenvalue weighted by Gasteiger charge is 2.20. The summed E-state index contributed by atoms with van der Waals surface area (Å²) in [4.78, 5) is 24.1. The summed E-state index contributed by atoms with van der Waals surface area (Å²) in [6.45, 7) is 10.3. The van der Waals surface area contributed by atoms with Crippen LogP contribution in [0.2, 0.25) is 0 Å². The number of hydrogen-bond donors (Lipinski definition) is 1. The summed E-state index contributed by atoms with van der Waals surface area (Å²) in [5.74, 6) is 0.374. The number of anilines is 1. The molecule has 0 saturated heterocycles. The zero-order valence-electron chi connectivity index (χ0n) is 20.2. The average molecular weight is 458 g/mol. The second-order valence-electron chi connectivity index (χ2n) is 8.43. The number of para-hydroxylation sites is 1. The van der Waals surface area contributed by atoms with Crippen LogP contribution >= 0.6 is 0 Å². The van der Waals surface area contributed by atoms with Gasteiger partial charge in [-0.15, -0.1) is 0 Å². The van der Waals surface area contributed by atoms with Crippen LogP contribution in [0.25, 0.3) is 0 Å². The third-order valence-corrected chi connectivity index (χ3v) is 4.55. The van der Waals surface area contributed by atoms with Crippen LogP contribution in [-0.4, -0.2) is 43.6 Å². The zero-order chi connectivity index (χ0) is 24.3. The Bertz CT molecular complexity index is 888. The van der Waals surface area contributed by atoms with Gasteiger partial charge in [-0.25, -0.2) is 9.59 Å². The summed E-state index contributed by atoms with van der Waals surface area (Å²) in [6.07, 6.45) is -0.0463. The fraction of sp³-hybridized carbons (Fsp3) is 0.462. The molecule has 2 rings (SSSR count). The van der Waals surface area contributed by atoms with Crippen molar-refractivity contribution < 1.29 is 28.5 Å². The summed E-state index contributed by atoms with van der Waals surface area (Å²) >= 11 is 0. The Morgan fingerprint density at radius 3 is 2.30 bits per heavy atom. The van der Waals surface area contributed by atoms with Gasteiger partial charge in [0.15, 0.2) is 6.10 Å². The molecule has 0 aliphatic carbocycles. The minimum Gasteiger partial charge on any atom is -0.493 e. The number of benzene rings is 2. The molecule has 7 nitrogen and oxygen atoms in total. The molecule has 0 unspecified atom stereocenters. The maximum absolute atomic E-state index is 12.1. The van der Waals surface area contributed by atoms with E-state index in [0.717, 1.165) is 16.9 Å². The van der Waals surface area contributed by atoms with E-state index in [9.17, 15) is 9.59 Å². The molecular weight excluding hydrogens is 422 g/mol. The maximum Gasteiger partial charge on any atom is 0.412 e. The molecule has 0 aromatic heterocycles. The SMILES string of the molecule is CCOC(=O)[C@H](Cc1ccc(OCCc2ccccc2NC(=O)OC(C)(C)C)cc1)OCC. The molecule has 0 fully saturated rings. The van der Waals surface area contributed by atoms with Gasteiger partial charge in [-0.05, 0) is 63.9 Å². The fourth-order valence-electron chi connectivity index (χ4n) is 3.14. The second-order valence-corrected chi connectivity index (χ2v) is 8.43. The Morgan fingerprint density at radius 1 is 0.970 bits per heavy atom. The normalized spacial score (nSPS) is 12.0. The fourth-order valence-corrected chi connectivity index (χ4v) is 3.14. The second kappa shape index (κ2) is 12.8. The standard InChI is InChI=1S/C26H35NO6/c1-6-30-23(24(28)31-7-2)18-19-12-14-21(15-13-19)32-17-16-20-10-8-9-11-22(20)27-25(29)33-26(3,4)5/h8-15,23H,6-7,16-18H2,1-5H3,(H,27,29)/t23-/m0/s1. The first-order valence-corrected chi connectivity index (χ1v) is 11.3. The lowest BCUT2D eigenvalue weighted by atomic mass is 10.1. The van der Waals surface area contributed by atoms with Gasteiger partial charge in [0, 0.05) is 25.1 Å². The van der Waals surface area contributed by atoms with E-state index >= 15 is 0 Å². The van der Waals surface area contributed by atoms with Crippen LogP contribution in [0.1, 0.15) is 45.7 Å². The molecule has 0 bridgehead atoms. The summed E-state index contributed by atoms with van der Waals surface area (Å²) in [7, 11) is 0. The van der Waals surface area contributed by atoms with Gasteiger partial charge in [0.05, 0.1) is 13.2 Å². The molecule has 0 heterocycles. The van der Waals surface area contributed by atoms with E-state index in [1.807, 2.05) is 76.2 Å². The number of rotatable bonds is 11. The monoisotopic (exact) mass is 457 g/mol. The summed E-state index contributed by atoms with van der Waals surface area (Å²) in [6, 6.07) is 15.1. The lowest BCUT2D eigenvalue weighted by molar-refractivity contribution is -0.156. The molecule has 7 heteroatoms. The molecule has 0 spiro atoms. The lowest BCUT2D eigenvalue weighted by Crippen LogP contribution is -2.28. The molecule has 2 aromatic carbocycles. The van der Waals surface area contributed by atoms with Crippen LogP contribution in [0.15, 0.2) is 48.5 Å². The molecule has 2 aromatic rings. The van der Waals surface area contributed by atoms with Crippen molar-refractivity contribution in [1.82, 2.24) is 0 Å². The van der Waals surface area contributed by atoms with Crippen LogP contribution in [0.3, 0.4) is 0 Å². The molecule has 0 radical (unpaired) electrons. The van der Waals surface area contributed by atoms with E-state index in [4.69, 9.17) is 18.9 Å². The average Bonchev–Trinajstić information content (AvgIpc) is 2.74. The van der Waals surface area contributed by atoms with E-state index in [2.05, 4.69) is 5.32 Å². The molecule has 180 valence electrons. The third kappa shape index (κ3) is 9.53. The Labute approximate surface area is 196 Å². The van der Waals surface area contributed by atoms with Gasteiger partial charge in [-0.2, -0.15) is 0 Å². The van der Waals surface area contributed by atoms with Crippen molar-refractivity contribution in [2.75, 3.05) is 25.1 Å². The third-order valence-electron chi connectivity index (χ3n) is 4.55. The molecule has 0 saturated carbocycles. The Balaban J connectivity index is 1.90. The van der Waals surface area contributed by atoms with Crippen LogP contribution in [0.5, 0.6) is 5.75 Å². The van der Waals surface area contributed by atoms with Crippen molar-refractivity contribution in [3.8, 4) is 5.75 Å². The molecule has 0 aliphatic rings. The van der Waals surface area contributed by atoms with Gasteiger partial charge in [-0.1, -0.05) is 30.3 Å².